The van der Waals surface area contributed by atoms with E-state index in [0.29, 0.717) is 31.7 Å². The predicted octanol–water partition coefficient (Wildman–Crippen LogP) is 2.82. The number of carbonyl (C=O) groups excluding carboxylic acids is 1. The zero-order valence-corrected chi connectivity index (χ0v) is 18.1. The summed E-state index contributed by atoms with van der Waals surface area (Å²) in [5, 5.41) is 0. The molecule has 2 saturated heterocycles. The molecule has 2 aliphatic heterocycles. The largest absolute Gasteiger partial charge is 0.336 e. The first-order chi connectivity index (χ1) is 14.5. The molecule has 2 heterocycles. The number of carbonyl (C=O) groups is 1. The van der Waals surface area contributed by atoms with Crippen LogP contribution in [0.3, 0.4) is 0 Å². The number of nitrogens with zero attached hydrogens (tertiary/aromatic N) is 3. The standard InChI is InChI=1S/C23H29N3O3S/c27-23(25-17-15-24(16-18-25)19-20-7-3-1-4-8-20)21-9-11-22(12-10-21)30(28,29)26-13-5-2-6-14-26/h1,3-4,7-12H,2,5-6,13-19H2. The molecule has 2 fully saturated rings. The first-order valence-electron chi connectivity index (χ1n) is 10.7. The quantitative estimate of drug-likeness (QED) is 0.736. The summed E-state index contributed by atoms with van der Waals surface area (Å²) < 4.78 is 27.1. The van der Waals surface area contributed by atoms with Gasteiger partial charge in [-0.15, -0.1) is 0 Å². The molecular formula is C23H29N3O3S. The van der Waals surface area contributed by atoms with E-state index in [2.05, 4.69) is 17.0 Å². The highest BCUT2D eigenvalue weighted by molar-refractivity contribution is 7.89. The fourth-order valence-corrected chi connectivity index (χ4v) is 5.67. The number of amides is 1. The second-order valence-corrected chi connectivity index (χ2v) is 9.98. The molecule has 0 bridgehead atoms. The second-order valence-electron chi connectivity index (χ2n) is 8.04. The first kappa shape index (κ1) is 21.0. The van der Waals surface area contributed by atoms with Crippen molar-refractivity contribution in [3.8, 4) is 0 Å². The van der Waals surface area contributed by atoms with Crippen molar-refractivity contribution in [1.82, 2.24) is 14.1 Å². The molecule has 30 heavy (non-hydrogen) atoms. The molecular weight excluding hydrogens is 398 g/mol. The zero-order chi connectivity index (χ0) is 21.0. The van der Waals surface area contributed by atoms with E-state index in [1.165, 1.54) is 5.56 Å². The molecule has 6 nitrogen and oxygen atoms in total. The van der Waals surface area contributed by atoms with Gasteiger partial charge in [-0.25, -0.2) is 8.42 Å². The minimum atomic E-state index is -3.46. The topological polar surface area (TPSA) is 60.9 Å². The van der Waals surface area contributed by atoms with E-state index in [4.69, 9.17) is 0 Å². The van der Waals surface area contributed by atoms with E-state index >= 15 is 0 Å². The number of hydrogen-bond acceptors (Lipinski definition) is 4. The van der Waals surface area contributed by atoms with Crippen LogP contribution in [0, 0.1) is 0 Å². The van der Waals surface area contributed by atoms with Crippen molar-refractivity contribution >= 4 is 15.9 Å². The molecule has 2 aliphatic rings. The van der Waals surface area contributed by atoms with Crippen LogP contribution < -0.4 is 0 Å². The van der Waals surface area contributed by atoms with Crippen molar-refractivity contribution in [3.63, 3.8) is 0 Å². The van der Waals surface area contributed by atoms with Crippen LogP contribution in [-0.2, 0) is 16.6 Å². The van der Waals surface area contributed by atoms with Crippen molar-refractivity contribution in [2.24, 2.45) is 0 Å². The summed E-state index contributed by atoms with van der Waals surface area (Å²) in [6.07, 6.45) is 2.90. The van der Waals surface area contributed by atoms with Crippen LogP contribution in [0.2, 0.25) is 0 Å². The lowest BCUT2D eigenvalue weighted by atomic mass is 10.1. The van der Waals surface area contributed by atoms with Gasteiger partial charge < -0.3 is 4.90 Å². The Labute approximate surface area is 179 Å². The van der Waals surface area contributed by atoms with E-state index in [1.807, 2.05) is 23.1 Å². The van der Waals surface area contributed by atoms with Gasteiger partial charge in [0.15, 0.2) is 0 Å². The van der Waals surface area contributed by atoms with Crippen molar-refractivity contribution < 1.29 is 13.2 Å². The molecule has 1 amide bonds. The normalized spacial score (nSPS) is 19.0. The summed E-state index contributed by atoms with van der Waals surface area (Å²) >= 11 is 0. The Morgan fingerprint density at radius 2 is 1.40 bits per heavy atom. The maximum atomic E-state index is 12.9. The van der Waals surface area contributed by atoms with E-state index < -0.39 is 10.0 Å². The van der Waals surface area contributed by atoms with Gasteiger partial charge in [0.25, 0.3) is 5.91 Å². The first-order valence-corrected chi connectivity index (χ1v) is 12.1. The number of hydrogen-bond donors (Lipinski definition) is 0. The summed E-state index contributed by atoms with van der Waals surface area (Å²) in [7, 11) is -3.46. The molecule has 0 aliphatic carbocycles. The Bertz CT molecular complexity index is 947. The number of rotatable bonds is 5. The summed E-state index contributed by atoms with van der Waals surface area (Å²) in [4.78, 5) is 17.4. The van der Waals surface area contributed by atoms with Crippen LogP contribution in [0.1, 0.15) is 35.2 Å². The lowest BCUT2D eigenvalue weighted by Gasteiger charge is -2.34. The van der Waals surface area contributed by atoms with Crippen LogP contribution in [0.5, 0.6) is 0 Å². The lowest BCUT2D eigenvalue weighted by Crippen LogP contribution is -2.48. The van der Waals surface area contributed by atoms with Crippen LogP contribution in [0.25, 0.3) is 0 Å². The Hall–Kier alpha value is -2.22. The van der Waals surface area contributed by atoms with Crippen molar-refractivity contribution in [3.05, 3.63) is 65.7 Å². The second kappa shape index (κ2) is 9.29. The minimum absolute atomic E-state index is 0.0312. The number of sulfonamides is 1. The monoisotopic (exact) mass is 427 g/mol. The van der Waals surface area contributed by atoms with Crippen LogP contribution >= 0.6 is 0 Å². The summed E-state index contributed by atoms with van der Waals surface area (Å²) in [5.41, 5.74) is 1.83. The van der Waals surface area contributed by atoms with Gasteiger partial charge in [-0.2, -0.15) is 4.31 Å². The summed E-state index contributed by atoms with van der Waals surface area (Å²) in [6.45, 7) is 5.08. The third kappa shape index (κ3) is 4.74. The molecule has 0 radical (unpaired) electrons. The highest BCUT2D eigenvalue weighted by Crippen LogP contribution is 2.21. The van der Waals surface area contributed by atoms with Crippen molar-refractivity contribution in [2.45, 2.75) is 30.7 Å². The number of benzene rings is 2. The van der Waals surface area contributed by atoms with Gasteiger partial charge in [0.2, 0.25) is 10.0 Å². The summed E-state index contributed by atoms with van der Waals surface area (Å²) in [5.74, 6) is -0.0312. The van der Waals surface area contributed by atoms with Crippen molar-refractivity contribution in [1.29, 1.82) is 0 Å². The smallest absolute Gasteiger partial charge is 0.253 e. The van der Waals surface area contributed by atoms with E-state index in [0.717, 1.165) is 38.9 Å². The van der Waals surface area contributed by atoms with Gasteiger partial charge in [-0.3, -0.25) is 9.69 Å². The number of piperazine rings is 1. The lowest BCUT2D eigenvalue weighted by molar-refractivity contribution is 0.0628. The van der Waals surface area contributed by atoms with Gasteiger partial charge in [-0.1, -0.05) is 36.8 Å². The van der Waals surface area contributed by atoms with E-state index in [-0.39, 0.29) is 10.8 Å². The molecule has 4 rings (SSSR count). The van der Waals surface area contributed by atoms with Crippen LogP contribution in [-0.4, -0.2) is 67.7 Å². The molecule has 2 aromatic rings. The highest BCUT2D eigenvalue weighted by atomic mass is 32.2. The van der Waals surface area contributed by atoms with Gasteiger partial charge in [0, 0.05) is 51.4 Å². The number of piperidine rings is 1. The Kier molecular flexibility index (Phi) is 6.51. The molecule has 160 valence electrons. The maximum Gasteiger partial charge on any atom is 0.253 e. The molecule has 7 heteroatoms. The average molecular weight is 428 g/mol. The third-order valence-electron chi connectivity index (χ3n) is 5.96. The van der Waals surface area contributed by atoms with Crippen molar-refractivity contribution in [2.75, 3.05) is 39.3 Å². The Balaban J connectivity index is 1.35. The van der Waals surface area contributed by atoms with Crippen LogP contribution in [0.4, 0.5) is 0 Å². The highest BCUT2D eigenvalue weighted by Gasteiger charge is 2.27. The van der Waals surface area contributed by atoms with Gasteiger partial charge >= 0.3 is 0 Å². The molecule has 0 aromatic heterocycles. The SMILES string of the molecule is O=C(c1ccc(S(=O)(=O)N2CCCCC2)cc1)N1CCN(Cc2ccccc2)CC1. The molecule has 2 aromatic carbocycles. The van der Waals surface area contributed by atoms with Crippen LogP contribution in [0.15, 0.2) is 59.5 Å². The molecule has 0 spiro atoms. The van der Waals surface area contributed by atoms with Gasteiger partial charge in [0.1, 0.15) is 0 Å². The fourth-order valence-electron chi connectivity index (χ4n) is 4.16. The van der Waals surface area contributed by atoms with E-state index in [9.17, 15) is 13.2 Å². The van der Waals surface area contributed by atoms with Gasteiger partial charge in [0.05, 0.1) is 4.90 Å². The fraction of sp³-hybridized carbons (Fsp3) is 0.435. The summed E-state index contributed by atoms with van der Waals surface area (Å²) in [6, 6.07) is 16.8. The van der Waals surface area contributed by atoms with Gasteiger partial charge in [-0.05, 0) is 42.7 Å². The average Bonchev–Trinajstić information content (AvgIpc) is 2.80. The maximum absolute atomic E-state index is 12.9. The molecule has 0 atom stereocenters. The third-order valence-corrected chi connectivity index (χ3v) is 7.88. The molecule has 0 unspecified atom stereocenters. The Morgan fingerprint density at radius 3 is 2.03 bits per heavy atom. The zero-order valence-electron chi connectivity index (χ0n) is 17.2. The van der Waals surface area contributed by atoms with E-state index in [1.54, 1.807) is 28.6 Å². The molecule has 0 N–H and O–H groups in total. The Morgan fingerprint density at radius 1 is 0.767 bits per heavy atom. The molecule has 0 saturated carbocycles. The minimum Gasteiger partial charge on any atom is -0.336 e. The predicted molar refractivity (Wildman–Crippen MR) is 117 cm³/mol.